The Morgan fingerprint density at radius 1 is 1.43 bits per heavy atom. The zero-order valence-electron chi connectivity index (χ0n) is 7.93. The van der Waals surface area contributed by atoms with Gasteiger partial charge in [0.15, 0.2) is 0 Å². The molecule has 0 radical (unpaired) electrons. The molecule has 0 spiro atoms. The topological polar surface area (TPSA) is 29.4 Å². The minimum Gasteiger partial charge on any atom is -0.211 e. The number of aliphatic imine (C=N–C) groups is 1. The average molecular weight is 205 g/mol. The fourth-order valence-corrected chi connectivity index (χ4v) is 1.72. The number of carbonyl (C=O) groups excluding carboxylic acids is 1. The molecule has 0 aliphatic carbocycles. The molecule has 0 aliphatic rings. The van der Waals surface area contributed by atoms with Gasteiger partial charge >= 0.3 is 0 Å². The summed E-state index contributed by atoms with van der Waals surface area (Å²) in [6, 6.07) is 7.51. The molecule has 0 saturated heterocycles. The Kier molecular flexibility index (Phi) is 4.76. The first-order valence-electron chi connectivity index (χ1n) is 4.28. The molecule has 1 aromatic carbocycles. The van der Waals surface area contributed by atoms with E-state index in [9.17, 15) is 4.79 Å². The average Bonchev–Trinajstić information content (AvgIpc) is 2.21. The Morgan fingerprint density at radius 2 is 2.14 bits per heavy atom. The first-order chi connectivity index (χ1) is 6.86. The van der Waals surface area contributed by atoms with Crippen LogP contribution in [0.1, 0.15) is 6.92 Å². The van der Waals surface area contributed by atoms with Crippen molar-refractivity contribution in [3.8, 4) is 0 Å². The summed E-state index contributed by atoms with van der Waals surface area (Å²) in [5.74, 6) is 0.965. The van der Waals surface area contributed by atoms with E-state index in [4.69, 9.17) is 0 Å². The maximum Gasteiger partial charge on any atom is 0.240 e. The lowest BCUT2D eigenvalue weighted by Crippen LogP contribution is -1.73. The van der Waals surface area contributed by atoms with Crippen molar-refractivity contribution in [1.82, 2.24) is 0 Å². The number of isocyanates is 1. The molecule has 0 heterocycles. The van der Waals surface area contributed by atoms with Gasteiger partial charge in [-0.15, -0.1) is 11.8 Å². The molecular formula is C11H11NOS. The van der Waals surface area contributed by atoms with E-state index in [-0.39, 0.29) is 0 Å². The van der Waals surface area contributed by atoms with Crippen LogP contribution in [0.5, 0.6) is 0 Å². The molecule has 72 valence electrons. The molecular weight excluding hydrogens is 194 g/mol. The molecule has 0 fully saturated rings. The van der Waals surface area contributed by atoms with E-state index in [0.29, 0.717) is 5.69 Å². The Hall–Kier alpha value is -1.31. The maximum atomic E-state index is 9.96. The number of nitrogens with zero attached hydrogens (tertiary/aromatic N) is 1. The normalized spacial score (nSPS) is 10.1. The molecule has 0 amide bonds. The van der Waals surface area contributed by atoms with Crippen LogP contribution in [0.2, 0.25) is 0 Å². The van der Waals surface area contributed by atoms with E-state index in [1.165, 1.54) is 11.0 Å². The van der Waals surface area contributed by atoms with Crippen molar-refractivity contribution in [1.29, 1.82) is 0 Å². The van der Waals surface area contributed by atoms with Crippen molar-refractivity contribution in [3.63, 3.8) is 0 Å². The number of allylic oxidation sites excluding steroid dienone is 1. The highest BCUT2D eigenvalue weighted by molar-refractivity contribution is 7.99. The van der Waals surface area contributed by atoms with Gasteiger partial charge in [-0.2, -0.15) is 4.99 Å². The van der Waals surface area contributed by atoms with Crippen LogP contribution in [0.25, 0.3) is 0 Å². The third-order valence-corrected chi connectivity index (χ3v) is 2.56. The monoisotopic (exact) mass is 205 g/mol. The van der Waals surface area contributed by atoms with E-state index >= 15 is 0 Å². The molecule has 1 aromatic rings. The third-order valence-electron chi connectivity index (χ3n) is 1.59. The molecule has 0 aromatic heterocycles. The van der Waals surface area contributed by atoms with Gasteiger partial charge in [-0.1, -0.05) is 12.2 Å². The van der Waals surface area contributed by atoms with Crippen LogP contribution < -0.4 is 0 Å². The summed E-state index contributed by atoms with van der Waals surface area (Å²) in [4.78, 5) is 14.7. The van der Waals surface area contributed by atoms with Crippen LogP contribution >= 0.6 is 11.8 Å². The summed E-state index contributed by atoms with van der Waals surface area (Å²) < 4.78 is 0. The van der Waals surface area contributed by atoms with Gasteiger partial charge in [0.05, 0.1) is 5.69 Å². The zero-order valence-corrected chi connectivity index (χ0v) is 8.75. The Labute approximate surface area is 87.7 Å². The molecule has 0 atom stereocenters. The molecule has 0 N–H and O–H groups in total. The molecule has 3 heteroatoms. The number of thioether (sulfide) groups is 1. The SMILES string of the molecule is CC=CCSc1ccc(N=C=O)cc1. The van der Waals surface area contributed by atoms with Crippen LogP contribution in [0, 0.1) is 0 Å². The first kappa shape index (κ1) is 10.8. The van der Waals surface area contributed by atoms with Gasteiger partial charge in [-0.05, 0) is 31.2 Å². The molecule has 2 nitrogen and oxygen atoms in total. The zero-order chi connectivity index (χ0) is 10.2. The van der Waals surface area contributed by atoms with E-state index in [1.807, 2.05) is 37.3 Å². The highest BCUT2D eigenvalue weighted by Gasteiger charge is 1.92. The Balaban J connectivity index is 2.59. The summed E-state index contributed by atoms with van der Waals surface area (Å²) in [7, 11) is 0. The molecule has 0 aliphatic heterocycles. The molecule has 0 saturated carbocycles. The van der Waals surface area contributed by atoms with E-state index in [2.05, 4.69) is 11.1 Å². The molecule has 14 heavy (non-hydrogen) atoms. The van der Waals surface area contributed by atoms with Crippen molar-refractivity contribution < 1.29 is 4.79 Å². The summed E-state index contributed by atoms with van der Waals surface area (Å²) in [5, 5.41) is 0. The van der Waals surface area contributed by atoms with Crippen LogP contribution in [-0.4, -0.2) is 11.8 Å². The van der Waals surface area contributed by atoms with E-state index < -0.39 is 0 Å². The fourth-order valence-electron chi connectivity index (χ4n) is 0.910. The van der Waals surface area contributed by atoms with E-state index in [1.54, 1.807) is 11.8 Å². The highest BCUT2D eigenvalue weighted by atomic mass is 32.2. The predicted octanol–water partition coefficient (Wildman–Crippen LogP) is 3.32. The second-order valence-electron chi connectivity index (χ2n) is 2.58. The van der Waals surface area contributed by atoms with Crippen molar-refractivity contribution in [2.75, 3.05) is 5.75 Å². The highest BCUT2D eigenvalue weighted by Crippen LogP contribution is 2.21. The first-order valence-corrected chi connectivity index (χ1v) is 5.27. The number of hydrogen-bond acceptors (Lipinski definition) is 3. The fraction of sp³-hybridized carbons (Fsp3) is 0.182. The quantitative estimate of drug-likeness (QED) is 0.326. The minimum atomic E-state index is 0.649. The van der Waals surface area contributed by atoms with Gasteiger partial charge in [0.2, 0.25) is 6.08 Å². The van der Waals surface area contributed by atoms with Gasteiger partial charge in [0.1, 0.15) is 0 Å². The van der Waals surface area contributed by atoms with Crippen molar-refractivity contribution in [3.05, 3.63) is 36.4 Å². The molecule has 1 rings (SSSR count). The number of benzene rings is 1. The smallest absolute Gasteiger partial charge is 0.211 e. The van der Waals surface area contributed by atoms with Gasteiger partial charge in [0.25, 0.3) is 0 Å². The lowest BCUT2D eigenvalue weighted by Gasteiger charge is -1.97. The Bertz CT molecular complexity index is 350. The standard InChI is InChI=1S/C11H11NOS/c1-2-3-8-14-11-6-4-10(5-7-11)12-9-13/h2-7H,8H2,1H3. The Morgan fingerprint density at radius 3 is 2.71 bits per heavy atom. The van der Waals surface area contributed by atoms with Crippen molar-refractivity contribution in [2.24, 2.45) is 4.99 Å². The van der Waals surface area contributed by atoms with E-state index in [0.717, 1.165) is 5.75 Å². The predicted molar refractivity (Wildman–Crippen MR) is 59.8 cm³/mol. The van der Waals surface area contributed by atoms with Gasteiger partial charge < -0.3 is 0 Å². The lowest BCUT2D eigenvalue weighted by molar-refractivity contribution is 0.565. The summed E-state index contributed by atoms with van der Waals surface area (Å²) in [5.41, 5.74) is 0.649. The summed E-state index contributed by atoms with van der Waals surface area (Å²) in [6.07, 6.45) is 5.64. The van der Waals surface area contributed by atoms with Crippen molar-refractivity contribution in [2.45, 2.75) is 11.8 Å². The maximum absolute atomic E-state index is 9.96. The van der Waals surface area contributed by atoms with Gasteiger partial charge in [-0.3, -0.25) is 0 Å². The van der Waals surface area contributed by atoms with Crippen molar-refractivity contribution >= 4 is 23.5 Å². The molecule has 0 unspecified atom stereocenters. The summed E-state index contributed by atoms with van der Waals surface area (Å²) >= 11 is 1.74. The van der Waals surface area contributed by atoms with Crippen LogP contribution in [0.15, 0.2) is 46.3 Å². The van der Waals surface area contributed by atoms with Crippen LogP contribution in [0.3, 0.4) is 0 Å². The van der Waals surface area contributed by atoms with Crippen LogP contribution in [0.4, 0.5) is 5.69 Å². The second kappa shape index (κ2) is 6.19. The van der Waals surface area contributed by atoms with Gasteiger partial charge in [0, 0.05) is 10.6 Å². The molecule has 0 bridgehead atoms. The van der Waals surface area contributed by atoms with Gasteiger partial charge in [-0.25, -0.2) is 4.79 Å². The number of rotatable bonds is 4. The minimum absolute atomic E-state index is 0.649. The summed E-state index contributed by atoms with van der Waals surface area (Å²) in [6.45, 7) is 2.00. The number of hydrogen-bond donors (Lipinski definition) is 0. The largest absolute Gasteiger partial charge is 0.240 e. The third kappa shape index (κ3) is 3.60. The lowest BCUT2D eigenvalue weighted by atomic mass is 10.3. The second-order valence-corrected chi connectivity index (χ2v) is 3.67. The van der Waals surface area contributed by atoms with Crippen LogP contribution in [-0.2, 0) is 4.79 Å².